The van der Waals surface area contributed by atoms with Crippen LogP contribution in [0.1, 0.15) is 65.2 Å². The number of aromatic carboxylic acids is 2. The molecule has 0 amide bonds. The van der Waals surface area contributed by atoms with E-state index in [9.17, 15) is 60.3 Å². The first-order valence-corrected chi connectivity index (χ1v) is 27.6. The van der Waals surface area contributed by atoms with Crippen molar-refractivity contribution in [2.24, 2.45) is 0 Å². The van der Waals surface area contributed by atoms with Crippen molar-refractivity contribution in [3.05, 3.63) is 230 Å². The van der Waals surface area contributed by atoms with Crippen LogP contribution in [0.2, 0.25) is 0 Å². The van der Waals surface area contributed by atoms with Crippen LogP contribution in [0.3, 0.4) is 0 Å². The molecule has 0 radical (unpaired) electrons. The van der Waals surface area contributed by atoms with Gasteiger partial charge in [-0.2, -0.15) is 0 Å². The Balaban J connectivity index is 0.000000290. The van der Waals surface area contributed by atoms with Gasteiger partial charge in [-0.3, -0.25) is 40.5 Å². The summed E-state index contributed by atoms with van der Waals surface area (Å²) in [4.78, 5) is 58.4. The first-order valence-electron chi connectivity index (χ1n) is 24.9. The summed E-state index contributed by atoms with van der Waals surface area (Å²) in [6.07, 6.45) is 0. The number of nitro benzene ring substituents is 4. The SMILES string of the molecule is Cc1cc(C)cc(P(c2cc(C)cc(C)c2)c2ccc3c(c2-c2c(P(c4cc(C)cc(C)c4)c4cc(C)cc(C)c4)ccc4c2OCO4)OCO3)c1.O=C([O-])c1cc([N+](=O)[O-])cc([N+](=O)[O-])c1.O=C([O-])c1cc([N+](=O)[O-])cc([N+](=O)[O-])c1.[Au+].[Au+]. The zero-order chi connectivity index (χ0) is 59.4. The van der Waals surface area contributed by atoms with Gasteiger partial charge in [-0.1, -0.05) is 117 Å². The molecule has 0 saturated heterocycles. The molecular weight excluding hydrogens is 1490 g/mol. The van der Waals surface area contributed by atoms with Gasteiger partial charge in [-0.25, -0.2) is 0 Å². The summed E-state index contributed by atoms with van der Waals surface area (Å²) in [5.41, 5.74) is 8.20. The Bertz CT molecular complexity index is 3360. The molecule has 0 spiro atoms. The third-order valence-electron chi connectivity index (χ3n) is 12.7. The number of nitrogens with zero attached hydrogens (tertiary/aromatic N) is 4. The average Bonchev–Trinajstić information content (AvgIpc) is 3.26. The minimum atomic E-state index is -1.71. The summed E-state index contributed by atoms with van der Waals surface area (Å²) in [5.74, 6) is -0.388. The molecular formula is C60H50Au2N4O16P2. The number of carbonyl (C=O) groups is 2. The molecule has 0 saturated carbocycles. The number of carboxylic acids is 2. The molecule has 2 heterocycles. The maximum absolute atomic E-state index is 10.4. The number of aryl methyl sites for hydroxylation is 8. The number of rotatable bonds is 13. The molecule has 0 bridgehead atoms. The van der Waals surface area contributed by atoms with Crippen LogP contribution in [-0.4, -0.2) is 45.2 Å². The molecule has 0 aliphatic carbocycles. The van der Waals surface area contributed by atoms with Gasteiger partial charge in [-0.05, 0) is 127 Å². The first-order chi connectivity index (χ1) is 38.8. The Morgan fingerprint density at radius 3 is 0.821 bits per heavy atom. The molecule has 0 unspecified atom stereocenters. The van der Waals surface area contributed by atoms with Gasteiger partial charge >= 0.3 is 44.8 Å². The van der Waals surface area contributed by atoms with Gasteiger partial charge in [0.05, 0.1) is 43.8 Å². The molecule has 0 fully saturated rings. The summed E-state index contributed by atoms with van der Waals surface area (Å²) in [5, 5.41) is 69.7. The summed E-state index contributed by atoms with van der Waals surface area (Å²) >= 11 is 0. The van der Waals surface area contributed by atoms with Gasteiger partial charge in [0, 0.05) is 46.5 Å². The summed E-state index contributed by atoms with van der Waals surface area (Å²) in [7, 11) is -2.11. The smallest absolute Gasteiger partial charge is 0.545 e. The van der Waals surface area contributed by atoms with Crippen LogP contribution in [-0.2, 0) is 44.8 Å². The Labute approximate surface area is 514 Å². The van der Waals surface area contributed by atoms with Crippen molar-refractivity contribution in [3.63, 3.8) is 0 Å². The molecule has 438 valence electrons. The minimum absolute atomic E-state index is 0. The van der Waals surface area contributed by atoms with E-state index in [2.05, 4.69) is 152 Å². The van der Waals surface area contributed by atoms with E-state index in [-0.39, 0.29) is 58.3 Å². The topological polar surface area (TPSA) is 290 Å². The van der Waals surface area contributed by atoms with Gasteiger partial charge in [0.2, 0.25) is 13.6 Å². The number of carbonyl (C=O) groups excluding carboxylic acids is 2. The van der Waals surface area contributed by atoms with Gasteiger partial charge < -0.3 is 38.7 Å². The number of ether oxygens (including phenoxy) is 4. The van der Waals surface area contributed by atoms with E-state index >= 15 is 0 Å². The molecule has 24 heteroatoms. The van der Waals surface area contributed by atoms with Crippen LogP contribution in [0.5, 0.6) is 23.0 Å². The number of hydrogen-bond donors (Lipinski definition) is 0. The molecule has 0 atom stereocenters. The predicted molar refractivity (Wildman–Crippen MR) is 308 cm³/mol. The zero-order valence-corrected chi connectivity index (χ0v) is 52.1. The number of benzene rings is 8. The van der Waals surface area contributed by atoms with Gasteiger partial charge in [-0.15, -0.1) is 0 Å². The van der Waals surface area contributed by atoms with Crippen molar-refractivity contribution in [3.8, 4) is 34.1 Å². The third kappa shape index (κ3) is 15.0. The molecule has 0 N–H and O–H groups in total. The molecule has 8 aromatic rings. The molecule has 8 aromatic carbocycles. The van der Waals surface area contributed by atoms with E-state index in [4.69, 9.17) is 18.9 Å². The van der Waals surface area contributed by atoms with E-state index in [0.717, 1.165) is 34.1 Å². The fraction of sp³-hybridized carbons (Fsp3) is 0.167. The first kappa shape index (κ1) is 65.0. The van der Waals surface area contributed by atoms with Crippen LogP contribution < -0.4 is 61.0 Å². The molecule has 0 aromatic heterocycles. The number of fused-ring (bicyclic) bond motifs is 2. The average molecular weight is 1540 g/mol. The van der Waals surface area contributed by atoms with Crippen molar-refractivity contribution < 1.29 is 103 Å². The normalized spacial score (nSPS) is 11.5. The summed E-state index contributed by atoms with van der Waals surface area (Å²) in [6, 6.07) is 40.8. The standard InChI is InChI=1S/C46H44O4P2.2C7H4N2O6.2Au/c1-27-13-28(2)18-35(17-27)51(36-19-29(3)14-30(4)20-36)41-11-9-39-45(49-25-47-39)43(41)44-42(12-10-40-46(44)50-26-48-40)52(37-21-31(5)15-32(6)22-37)38-23-33(7)16-34(8)24-38;2*10-7(11)4-1-5(8(12)13)3-6(2-4)9(14)15;;/h9-24H,25-26H2,1-8H3;2*1-3H,(H,10,11);;/q;;;2*+1/p-2. The number of nitro groups is 4. The van der Waals surface area contributed by atoms with E-state index < -0.39 is 81.4 Å². The summed E-state index contributed by atoms with van der Waals surface area (Å²) in [6.45, 7) is 17.9. The van der Waals surface area contributed by atoms with Crippen LogP contribution in [0.4, 0.5) is 22.7 Å². The predicted octanol–water partition coefficient (Wildman–Crippen LogP) is 8.52. The number of carboxylic acid groups (broad SMARTS) is 2. The third-order valence-corrected chi connectivity index (χ3v) is 17.6. The van der Waals surface area contributed by atoms with E-state index in [1.165, 1.54) is 76.3 Å². The van der Waals surface area contributed by atoms with Crippen molar-refractivity contribution in [2.45, 2.75) is 55.4 Å². The second kappa shape index (κ2) is 27.5. The van der Waals surface area contributed by atoms with Crippen LogP contribution in [0.15, 0.2) is 133 Å². The Morgan fingerprint density at radius 1 is 0.369 bits per heavy atom. The maximum atomic E-state index is 10.4. The molecule has 20 nitrogen and oxygen atoms in total. The van der Waals surface area contributed by atoms with Gasteiger partial charge in [0.15, 0.2) is 23.0 Å². The van der Waals surface area contributed by atoms with Gasteiger partial charge in [0.25, 0.3) is 22.7 Å². The Kier molecular flexibility index (Phi) is 21.3. The van der Waals surface area contributed by atoms with E-state index in [1.807, 2.05) is 0 Å². The number of non-ortho nitro benzene ring substituents is 4. The van der Waals surface area contributed by atoms with Crippen molar-refractivity contribution >= 4 is 82.4 Å². The van der Waals surface area contributed by atoms with Crippen LogP contribution in [0, 0.1) is 95.8 Å². The van der Waals surface area contributed by atoms with Crippen LogP contribution in [0.25, 0.3) is 11.1 Å². The molecule has 84 heavy (non-hydrogen) atoms. The molecule has 2 aliphatic heterocycles. The molecule has 10 rings (SSSR count). The largest absolute Gasteiger partial charge is 1.00 e. The quantitative estimate of drug-likeness (QED) is 0.0452. The van der Waals surface area contributed by atoms with E-state index in [0.29, 0.717) is 36.4 Å². The second-order valence-electron chi connectivity index (χ2n) is 19.5. The van der Waals surface area contributed by atoms with Crippen molar-refractivity contribution in [2.75, 3.05) is 13.6 Å². The summed E-state index contributed by atoms with van der Waals surface area (Å²) < 4.78 is 25.4. The number of hydrogen-bond acceptors (Lipinski definition) is 16. The fourth-order valence-corrected chi connectivity index (χ4v) is 15.5. The maximum Gasteiger partial charge on any atom is 1.00 e. The zero-order valence-electron chi connectivity index (χ0n) is 45.9. The fourth-order valence-electron chi connectivity index (χ4n) is 9.80. The van der Waals surface area contributed by atoms with Gasteiger partial charge in [0.1, 0.15) is 0 Å². The van der Waals surface area contributed by atoms with Crippen molar-refractivity contribution in [1.82, 2.24) is 0 Å². The second-order valence-corrected chi connectivity index (χ2v) is 23.9. The Hall–Kier alpha value is -8.16. The van der Waals surface area contributed by atoms with Crippen molar-refractivity contribution in [1.29, 1.82) is 0 Å². The van der Waals surface area contributed by atoms with E-state index in [1.54, 1.807) is 0 Å². The van der Waals surface area contributed by atoms with Crippen LogP contribution >= 0.6 is 15.8 Å². The molecule has 2 aliphatic rings. The minimum Gasteiger partial charge on any atom is -0.545 e. The monoisotopic (exact) mass is 1540 g/mol. The Morgan fingerprint density at radius 2 is 0.607 bits per heavy atom.